The Morgan fingerprint density at radius 3 is 2.18 bits per heavy atom. The van der Waals surface area contributed by atoms with E-state index < -0.39 is 10.0 Å². The predicted molar refractivity (Wildman–Crippen MR) is 88.3 cm³/mol. The minimum atomic E-state index is -3.51. The first-order chi connectivity index (χ1) is 10.2. The summed E-state index contributed by atoms with van der Waals surface area (Å²) in [5, 5.41) is 2.84. The van der Waals surface area contributed by atoms with Crippen LogP contribution in [0.25, 0.3) is 0 Å². The Morgan fingerprint density at radius 1 is 1.09 bits per heavy atom. The zero-order valence-corrected chi connectivity index (χ0v) is 14.5. The van der Waals surface area contributed by atoms with Gasteiger partial charge in [0.25, 0.3) is 5.91 Å². The maximum absolute atomic E-state index is 12.0. The van der Waals surface area contributed by atoms with E-state index in [0.717, 1.165) is 12.8 Å². The van der Waals surface area contributed by atoms with Crippen LogP contribution in [0.15, 0.2) is 29.2 Å². The Morgan fingerprint density at radius 2 is 1.68 bits per heavy atom. The van der Waals surface area contributed by atoms with Gasteiger partial charge in [-0.1, -0.05) is 13.8 Å². The van der Waals surface area contributed by atoms with Crippen LogP contribution in [0.5, 0.6) is 0 Å². The van der Waals surface area contributed by atoms with Crippen molar-refractivity contribution in [1.29, 1.82) is 0 Å². The number of hydrogen-bond acceptors (Lipinski definition) is 3. The third kappa shape index (κ3) is 6.15. The van der Waals surface area contributed by atoms with E-state index in [9.17, 15) is 13.2 Å². The molecule has 0 aliphatic heterocycles. The Kier molecular flexibility index (Phi) is 7.03. The molecule has 2 N–H and O–H groups in total. The highest BCUT2D eigenvalue weighted by molar-refractivity contribution is 7.89. The van der Waals surface area contributed by atoms with Gasteiger partial charge in [0.15, 0.2) is 0 Å². The summed E-state index contributed by atoms with van der Waals surface area (Å²) < 4.78 is 26.5. The molecule has 0 atom stereocenters. The number of amides is 1. The molecule has 0 fully saturated rings. The van der Waals surface area contributed by atoms with Gasteiger partial charge in [-0.2, -0.15) is 0 Å². The summed E-state index contributed by atoms with van der Waals surface area (Å²) >= 11 is 0. The molecule has 0 aliphatic rings. The summed E-state index contributed by atoms with van der Waals surface area (Å²) in [6, 6.07) is 5.80. The summed E-state index contributed by atoms with van der Waals surface area (Å²) in [5.41, 5.74) is 0.466. The molecule has 124 valence electrons. The van der Waals surface area contributed by atoms with E-state index in [1.165, 1.54) is 24.3 Å². The molecule has 0 unspecified atom stereocenters. The smallest absolute Gasteiger partial charge is 0.251 e. The summed E-state index contributed by atoms with van der Waals surface area (Å²) in [4.78, 5) is 12.1. The van der Waals surface area contributed by atoms with Crippen LogP contribution in [0.4, 0.5) is 0 Å². The fraction of sp³-hybridized carbons (Fsp3) is 0.562. The summed E-state index contributed by atoms with van der Waals surface area (Å²) in [7, 11) is -3.51. The standard InChI is InChI=1S/C16H26N2O3S/c1-12(2)6-5-11-17-16(19)14-7-9-15(10-8-14)22(20,21)18-13(3)4/h7-10,12-13,18H,5-6,11H2,1-4H3,(H,17,19). The van der Waals surface area contributed by atoms with Gasteiger partial charge in [0, 0.05) is 18.2 Å². The van der Waals surface area contributed by atoms with Crippen molar-refractivity contribution in [1.82, 2.24) is 10.0 Å². The second-order valence-corrected chi connectivity index (χ2v) is 7.81. The second kappa shape index (κ2) is 8.29. The second-order valence-electron chi connectivity index (χ2n) is 6.09. The van der Waals surface area contributed by atoms with Crippen LogP contribution in [-0.4, -0.2) is 26.9 Å². The third-order valence-electron chi connectivity index (χ3n) is 3.06. The lowest BCUT2D eigenvalue weighted by atomic mass is 10.1. The van der Waals surface area contributed by atoms with Gasteiger partial charge >= 0.3 is 0 Å². The highest BCUT2D eigenvalue weighted by Gasteiger charge is 2.15. The van der Waals surface area contributed by atoms with Crippen LogP contribution in [0.1, 0.15) is 50.9 Å². The minimum absolute atomic E-state index is 0.164. The molecule has 0 bridgehead atoms. The first kappa shape index (κ1) is 18.6. The van der Waals surface area contributed by atoms with E-state index in [2.05, 4.69) is 23.9 Å². The molecule has 22 heavy (non-hydrogen) atoms. The highest BCUT2D eigenvalue weighted by atomic mass is 32.2. The van der Waals surface area contributed by atoms with E-state index >= 15 is 0 Å². The van der Waals surface area contributed by atoms with Gasteiger partial charge in [-0.05, 0) is 56.9 Å². The Balaban J connectivity index is 2.63. The first-order valence-electron chi connectivity index (χ1n) is 7.63. The van der Waals surface area contributed by atoms with Crippen molar-refractivity contribution in [2.75, 3.05) is 6.54 Å². The van der Waals surface area contributed by atoms with Crippen molar-refractivity contribution in [2.45, 2.75) is 51.5 Å². The fourth-order valence-electron chi connectivity index (χ4n) is 1.98. The van der Waals surface area contributed by atoms with E-state index in [-0.39, 0.29) is 16.8 Å². The van der Waals surface area contributed by atoms with E-state index in [0.29, 0.717) is 18.0 Å². The molecule has 0 aromatic heterocycles. The molecule has 0 radical (unpaired) electrons. The van der Waals surface area contributed by atoms with Crippen molar-refractivity contribution in [3.63, 3.8) is 0 Å². The lowest BCUT2D eigenvalue weighted by Crippen LogP contribution is -2.30. The van der Waals surface area contributed by atoms with Gasteiger partial charge < -0.3 is 5.32 Å². The fourth-order valence-corrected chi connectivity index (χ4v) is 3.23. The molecule has 1 amide bonds. The molecule has 0 heterocycles. The van der Waals surface area contributed by atoms with Crippen molar-refractivity contribution < 1.29 is 13.2 Å². The van der Waals surface area contributed by atoms with E-state index in [1.807, 2.05) is 0 Å². The normalized spacial score (nSPS) is 11.9. The quantitative estimate of drug-likeness (QED) is 0.721. The number of sulfonamides is 1. The molecule has 1 aromatic carbocycles. The van der Waals surface area contributed by atoms with Crippen molar-refractivity contribution in [3.8, 4) is 0 Å². The molecule has 6 heteroatoms. The molecular weight excluding hydrogens is 300 g/mol. The molecule has 1 rings (SSSR count). The van der Waals surface area contributed by atoms with Crippen LogP contribution in [0, 0.1) is 5.92 Å². The van der Waals surface area contributed by atoms with Crippen LogP contribution >= 0.6 is 0 Å². The maximum Gasteiger partial charge on any atom is 0.251 e. The zero-order chi connectivity index (χ0) is 16.8. The molecule has 5 nitrogen and oxygen atoms in total. The number of hydrogen-bond donors (Lipinski definition) is 2. The topological polar surface area (TPSA) is 75.3 Å². The van der Waals surface area contributed by atoms with Gasteiger partial charge in [0.05, 0.1) is 4.90 Å². The molecular formula is C16H26N2O3S. The monoisotopic (exact) mass is 326 g/mol. The molecule has 0 saturated carbocycles. The Labute approximate surface area is 133 Å². The first-order valence-corrected chi connectivity index (χ1v) is 9.11. The average Bonchev–Trinajstić information content (AvgIpc) is 2.42. The number of carbonyl (C=O) groups is 1. The van der Waals surface area contributed by atoms with Crippen molar-refractivity contribution in [3.05, 3.63) is 29.8 Å². The molecule has 1 aromatic rings. The minimum Gasteiger partial charge on any atom is -0.352 e. The van der Waals surface area contributed by atoms with Gasteiger partial charge in [-0.15, -0.1) is 0 Å². The van der Waals surface area contributed by atoms with Crippen molar-refractivity contribution in [2.24, 2.45) is 5.92 Å². The third-order valence-corrected chi connectivity index (χ3v) is 4.74. The lowest BCUT2D eigenvalue weighted by molar-refractivity contribution is 0.0952. The summed E-state index contributed by atoms with van der Waals surface area (Å²) in [5.74, 6) is 0.444. The Hall–Kier alpha value is -1.40. The van der Waals surface area contributed by atoms with Gasteiger partial charge in [0.1, 0.15) is 0 Å². The van der Waals surface area contributed by atoms with Crippen LogP contribution < -0.4 is 10.0 Å². The van der Waals surface area contributed by atoms with Crippen molar-refractivity contribution >= 4 is 15.9 Å². The molecule has 0 spiro atoms. The number of carbonyl (C=O) groups excluding carboxylic acids is 1. The van der Waals surface area contributed by atoms with Crippen LogP contribution in [0.3, 0.4) is 0 Å². The number of nitrogens with one attached hydrogen (secondary N) is 2. The number of benzene rings is 1. The SMILES string of the molecule is CC(C)CCCNC(=O)c1ccc(S(=O)(=O)NC(C)C)cc1. The van der Waals surface area contributed by atoms with Crippen LogP contribution in [-0.2, 0) is 10.0 Å². The Bertz CT molecular complexity index is 578. The lowest BCUT2D eigenvalue weighted by Gasteiger charge is -2.10. The largest absolute Gasteiger partial charge is 0.352 e. The van der Waals surface area contributed by atoms with Gasteiger partial charge in [0.2, 0.25) is 10.0 Å². The van der Waals surface area contributed by atoms with Gasteiger partial charge in [-0.25, -0.2) is 13.1 Å². The average molecular weight is 326 g/mol. The highest BCUT2D eigenvalue weighted by Crippen LogP contribution is 2.11. The zero-order valence-electron chi connectivity index (χ0n) is 13.7. The molecule has 0 saturated heterocycles. The molecule has 0 aliphatic carbocycles. The predicted octanol–water partition coefficient (Wildman–Crippen LogP) is 2.54. The van der Waals surface area contributed by atoms with Gasteiger partial charge in [-0.3, -0.25) is 4.79 Å². The number of rotatable bonds is 8. The van der Waals surface area contributed by atoms with Crippen LogP contribution in [0.2, 0.25) is 0 Å². The maximum atomic E-state index is 12.0. The van der Waals surface area contributed by atoms with E-state index in [1.54, 1.807) is 13.8 Å². The van der Waals surface area contributed by atoms with E-state index in [4.69, 9.17) is 0 Å². The summed E-state index contributed by atoms with van der Waals surface area (Å²) in [6.45, 7) is 8.44. The summed E-state index contributed by atoms with van der Waals surface area (Å²) in [6.07, 6.45) is 2.01.